The molecule has 0 saturated carbocycles. The Hall–Kier alpha value is -2.77. The van der Waals surface area contributed by atoms with Gasteiger partial charge in [-0.2, -0.15) is 0 Å². The van der Waals surface area contributed by atoms with E-state index in [4.69, 9.17) is 9.26 Å². The minimum Gasteiger partial charge on any atom is -0.449 e. The molecule has 0 bridgehead atoms. The lowest BCUT2D eigenvalue weighted by Crippen LogP contribution is -2.30. The number of amides is 1. The number of halogens is 2. The first-order chi connectivity index (χ1) is 11.3. The molecule has 0 fully saturated rings. The number of rotatable bonds is 5. The molecule has 1 heterocycles. The van der Waals surface area contributed by atoms with Crippen molar-refractivity contribution in [2.75, 3.05) is 5.32 Å². The van der Waals surface area contributed by atoms with Gasteiger partial charge in [0.2, 0.25) is 0 Å². The predicted octanol–water partition coefficient (Wildman–Crippen LogP) is 3.01. The summed E-state index contributed by atoms with van der Waals surface area (Å²) < 4.78 is 36.4. The van der Waals surface area contributed by atoms with Crippen LogP contribution in [0.4, 0.5) is 14.5 Å². The van der Waals surface area contributed by atoms with Crippen LogP contribution in [0.1, 0.15) is 35.7 Å². The van der Waals surface area contributed by atoms with Gasteiger partial charge in [0.15, 0.2) is 6.10 Å². The van der Waals surface area contributed by atoms with Crippen LogP contribution in [-0.4, -0.2) is 23.1 Å². The lowest BCUT2D eigenvalue weighted by atomic mass is 10.1. The molecule has 0 spiro atoms. The minimum absolute atomic E-state index is 0.171. The van der Waals surface area contributed by atoms with Crippen molar-refractivity contribution < 1.29 is 27.6 Å². The van der Waals surface area contributed by atoms with E-state index in [0.717, 1.165) is 12.1 Å². The summed E-state index contributed by atoms with van der Waals surface area (Å²) in [6.07, 6.45) is -0.732. The molecule has 24 heavy (non-hydrogen) atoms. The van der Waals surface area contributed by atoms with E-state index in [1.165, 1.54) is 6.92 Å². The van der Waals surface area contributed by atoms with Crippen LogP contribution in [0.25, 0.3) is 0 Å². The first-order valence-corrected chi connectivity index (χ1v) is 7.25. The van der Waals surface area contributed by atoms with Crippen LogP contribution in [-0.2, 0) is 16.0 Å². The van der Waals surface area contributed by atoms with E-state index in [1.807, 2.05) is 0 Å². The van der Waals surface area contributed by atoms with Crippen molar-refractivity contribution in [1.29, 1.82) is 0 Å². The second-order valence-electron chi connectivity index (χ2n) is 5.07. The molecule has 0 aliphatic heterocycles. The number of nitrogens with zero attached hydrogens (tertiary/aromatic N) is 1. The molecular weight excluding hydrogens is 322 g/mol. The summed E-state index contributed by atoms with van der Waals surface area (Å²) in [6, 6.07) is 2.72. The molecule has 0 unspecified atom stereocenters. The number of esters is 1. The number of nitrogens with one attached hydrogen (secondary N) is 1. The molecule has 2 rings (SSSR count). The number of benzene rings is 1. The highest BCUT2D eigenvalue weighted by molar-refractivity contribution is 5.98. The third-order valence-corrected chi connectivity index (χ3v) is 3.31. The fraction of sp³-hybridized carbons (Fsp3) is 0.312. The summed E-state index contributed by atoms with van der Waals surface area (Å²) in [5.41, 5.74) is 0.388. The van der Waals surface area contributed by atoms with E-state index in [2.05, 4.69) is 10.5 Å². The van der Waals surface area contributed by atoms with Gasteiger partial charge in [0.25, 0.3) is 5.91 Å². The molecule has 128 valence electrons. The molecule has 1 N–H and O–H groups in total. The SMILES string of the molecule is CCc1noc(C)c1C(=O)O[C@H](C)C(=O)Nc1ccc(F)cc1F. The number of ether oxygens (including phenoxy) is 1. The highest BCUT2D eigenvalue weighted by Crippen LogP contribution is 2.18. The Balaban J connectivity index is 2.06. The van der Waals surface area contributed by atoms with E-state index in [9.17, 15) is 18.4 Å². The largest absolute Gasteiger partial charge is 0.449 e. The predicted molar refractivity (Wildman–Crippen MR) is 80.5 cm³/mol. The van der Waals surface area contributed by atoms with Crippen LogP contribution in [0.3, 0.4) is 0 Å². The van der Waals surface area contributed by atoms with E-state index < -0.39 is 29.6 Å². The molecule has 1 aromatic carbocycles. The summed E-state index contributed by atoms with van der Waals surface area (Å²) in [7, 11) is 0. The van der Waals surface area contributed by atoms with Crippen LogP contribution in [0.15, 0.2) is 22.7 Å². The van der Waals surface area contributed by atoms with Gasteiger partial charge in [-0.15, -0.1) is 0 Å². The molecular formula is C16H16F2N2O4. The number of aromatic nitrogens is 1. The van der Waals surface area contributed by atoms with Crippen LogP contribution in [0, 0.1) is 18.6 Å². The number of aryl methyl sites for hydroxylation is 2. The zero-order valence-corrected chi connectivity index (χ0v) is 13.4. The average molecular weight is 338 g/mol. The Kier molecular flexibility index (Phi) is 5.28. The summed E-state index contributed by atoms with van der Waals surface area (Å²) in [5.74, 6) is -2.91. The molecule has 8 heteroatoms. The van der Waals surface area contributed by atoms with Crippen molar-refractivity contribution in [2.45, 2.75) is 33.3 Å². The van der Waals surface area contributed by atoms with Crippen LogP contribution in [0.2, 0.25) is 0 Å². The van der Waals surface area contributed by atoms with Gasteiger partial charge in [-0.3, -0.25) is 4.79 Å². The van der Waals surface area contributed by atoms with Gasteiger partial charge >= 0.3 is 5.97 Å². The van der Waals surface area contributed by atoms with E-state index >= 15 is 0 Å². The Bertz CT molecular complexity index is 773. The van der Waals surface area contributed by atoms with Crippen LogP contribution in [0.5, 0.6) is 0 Å². The van der Waals surface area contributed by atoms with Crippen molar-refractivity contribution in [3.63, 3.8) is 0 Å². The van der Waals surface area contributed by atoms with Gasteiger partial charge in [0.1, 0.15) is 23.0 Å². The van der Waals surface area contributed by atoms with Gasteiger partial charge in [-0.1, -0.05) is 12.1 Å². The summed E-state index contributed by atoms with van der Waals surface area (Å²) in [4.78, 5) is 24.2. The molecule has 6 nitrogen and oxygen atoms in total. The lowest BCUT2D eigenvalue weighted by molar-refractivity contribution is -0.123. The highest BCUT2D eigenvalue weighted by atomic mass is 19.1. The highest BCUT2D eigenvalue weighted by Gasteiger charge is 2.25. The zero-order valence-electron chi connectivity index (χ0n) is 13.4. The first kappa shape index (κ1) is 17.6. The molecule has 1 atom stereocenters. The molecule has 2 aromatic rings. The smallest absolute Gasteiger partial charge is 0.344 e. The second kappa shape index (κ2) is 7.20. The van der Waals surface area contributed by atoms with Gasteiger partial charge in [-0.25, -0.2) is 13.6 Å². The molecule has 1 aromatic heterocycles. The molecule has 0 radical (unpaired) electrons. The van der Waals surface area contributed by atoms with Gasteiger partial charge in [0, 0.05) is 6.07 Å². The quantitative estimate of drug-likeness (QED) is 0.848. The fourth-order valence-corrected chi connectivity index (χ4v) is 2.02. The second-order valence-corrected chi connectivity index (χ2v) is 5.07. The Morgan fingerprint density at radius 3 is 2.71 bits per heavy atom. The number of hydrogen-bond donors (Lipinski definition) is 1. The molecule has 0 aliphatic rings. The van der Waals surface area contributed by atoms with Crippen molar-refractivity contribution in [2.24, 2.45) is 0 Å². The van der Waals surface area contributed by atoms with E-state index in [1.54, 1.807) is 13.8 Å². The number of hydrogen-bond acceptors (Lipinski definition) is 5. The summed E-state index contributed by atoms with van der Waals surface area (Å²) >= 11 is 0. The maximum atomic E-state index is 13.5. The Morgan fingerprint density at radius 1 is 1.38 bits per heavy atom. The van der Waals surface area contributed by atoms with E-state index in [0.29, 0.717) is 18.2 Å². The Morgan fingerprint density at radius 2 is 2.08 bits per heavy atom. The van der Waals surface area contributed by atoms with E-state index in [-0.39, 0.29) is 17.0 Å². The molecule has 0 aliphatic carbocycles. The van der Waals surface area contributed by atoms with Crippen molar-refractivity contribution in [3.8, 4) is 0 Å². The summed E-state index contributed by atoms with van der Waals surface area (Å²) in [5, 5.41) is 5.97. The van der Waals surface area contributed by atoms with Gasteiger partial charge in [0.05, 0.1) is 11.4 Å². The third-order valence-electron chi connectivity index (χ3n) is 3.31. The third kappa shape index (κ3) is 3.76. The maximum Gasteiger partial charge on any atom is 0.344 e. The lowest BCUT2D eigenvalue weighted by Gasteiger charge is -2.14. The minimum atomic E-state index is -1.19. The normalized spacial score (nSPS) is 11.9. The average Bonchev–Trinajstić information content (AvgIpc) is 2.90. The monoisotopic (exact) mass is 338 g/mol. The van der Waals surface area contributed by atoms with Crippen molar-refractivity contribution >= 4 is 17.6 Å². The van der Waals surface area contributed by atoms with Crippen molar-refractivity contribution in [3.05, 3.63) is 46.9 Å². The fourth-order valence-electron chi connectivity index (χ4n) is 2.02. The number of carbonyl (C=O) groups is 2. The standard InChI is InChI=1S/C16H16F2N2O4/c1-4-12-14(8(2)24-20-12)16(22)23-9(3)15(21)19-13-6-5-10(17)7-11(13)18/h5-7,9H,4H2,1-3H3,(H,19,21)/t9-/m1/s1. The summed E-state index contributed by atoms with van der Waals surface area (Å²) in [6.45, 7) is 4.69. The number of carbonyl (C=O) groups excluding carboxylic acids is 2. The zero-order chi connectivity index (χ0) is 17.9. The number of anilines is 1. The molecule has 1 amide bonds. The van der Waals surface area contributed by atoms with Crippen LogP contribution < -0.4 is 5.32 Å². The Labute approximate surface area is 136 Å². The van der Waals surface area contributed by atoms with Gasteiger partial charge in [-0.05, 0) is 32.4 Å². The van der Waals surface area contributed by atoms with Crippen LogP contribution >= 0.6 is 0 Å². The van der Waals surface area contributed by atoms with Gasteiger partial charge < -0.3 is 14.6 Å². The maximum absolute atomic E-state index is 13.5. The first-order valence-electron chi connectivity index (χ1n) is 7.25. The molecule has 0 saturated heterocycles. The van der Waals surface area contributed by atoms with Crippen molar-refractivity contribution in [1.82, 2.24) is 5.16 Å². The topological polar surface area (TPSA) is 81.4 Å².